The van der Waals surface area contributed by atoms with Gasteiger partial charge in [0.1, 0.15) is 11.4 Å². The quantitative estimate of drug-likeness (QED) is 0.788. The molecule has 0 amide bonds. The molecule has 114 valence electrons. The summed E-state index contributed by atoms with van der Waals surface area (Å²) in [4.78, 5) is 4.47. The Kier molecular flexibility index (Phi) is 3.91. The van der Waals surface area contributed by atoms with Gasteiger partial charge in [0.05, 0.1) is 10.7 Å². The van der Waals surface area contributed by atoms with E-state index in [1.54, 1.807) is 6.20 Å². The Hall–Kier alpha value is -1.52. The fraction of sp³-hybridized carbons (Fsp3) is 0.235. The van der Waals surface area contributed by atoms with Crippen molar-refractivity contribution in [3.05, 3.63) is 57.3 Å². The molecule has 1 aliphatic heterocycles. The van der Waals surface area contributed by atoms with E-state index in [0.717, 1.165) is 32.7 Å². The highest BCUT2D eigenvalue weighted by molar-refractivity contribution is 9.12. The Morgan fingerprint density at radius 1 is 1.23 bits per heavy atom. The van der Waals surface area contributed by atoms with Gasteiger partial charge in [0.25, 0.3) is 0 Å². The molecule has 0 fully saturated rings. The van der Waals surface area contributed by atoms with E-state index in [1.165, 1.54) is 0 Å². The number of pyridine rings is 1. The van der Waals surface area contributed by atoms with Crippen molar-refractivity contribution in [3.63, 3.8) is 0 Å². The maximum absolute atomic E-state index is 6.15. The van der Waals surface area contributed by atoms with Crippen molar-refractivity contribution in [2.24, 2.45) is 0 Å². The molecule has 1 aliphatic rings. The van der Waals surface area contributed by atoms with Crippen molar-refractivity contribution in [2.75, 3.05) is 12.4 Å². The molecule has 3 nitrogen and oxygen atoms in total. The molecule has 5 heteroatoms. The number of ether oxygens (including phenoxy) is 1. The highest BCUT2D eigenvalue weighted by atomic mass is 79.9. The third-order valence-electron chi connectivity index (χ3n) is 3.64. The van der Waals surface area contributed by atoms with Crippen molar-refractivity contribution < 1.29 is 4.74 Å². The van der Waals surface area contributed by atoms with Crippen LogP contribution in [0, 0.1) is 0 Å². The molecule has 0 bridgehead atoms. The second-order valence-corrected chi connectivity index (χ2v) is 6.85. The summed E-state index contributed by atoms with van der Waals surface area (Å²) in [5.41, 5.74) is 3.46. The van der Waals surface area contributed by atoms with Gasteiger partial charge in [-0.25, -0.2) is 0 Å². The number of rotatable bonds is 2. The lowest BCUT2D eigenvalue weighted by Crippen LogP contribution is -2.32. The second-order valence-electron chi connectivity index (χ2n) is 5.62. The summed E-state index contributed by atoms with van der Waals surface area (Å²) in [5, 5.41) is 3.76. The molecule has 1 aromatic heterocycles. The molecular weight excluding hydrogens is 364 g/mol. The summed E-state index contributed by atoms with van der Waals surface area (Å²) in [7, 11) is 1.89. The van der Waals surface area contributed by atoms with E-state index in [9.17, 15) is 0 Å². The first kappa shape index (κ1) is 15.4. The molecule has 0 saturated carbocycles. The Bertz CT molecular complexity index is 754. The highest BCUT2D eigenvalue weighted by Gasteiger charge is 2.34. The van der Waals surface area contributed by atoms with Gasteiger partial charge in [-0.05, 0) is 38.1 Å². The molecule has 22 heavy (non-hydrogen) atoms. The van der Waals surface area contributed by atoms with E-state index in [1.807, 2.05) is 51.2 Å². The topological polar surface area (TPSA) is 34.1 Å². The summed E-state index contributed by atoms with van der Waals surface area (Å²) in [6.07, 6.45) is 1.66. The minimum Gasteiger partial charge on any atom is -0.482 e. The predicted molar refractivity (Wildman–Crippen MR) is 94.9 cm³/mol. The first-order chi connectivity index (χ1) is 10.4. The summed E-state index contributed by atoms with van der Waals surface area (Å²) in [6.45, 7) is 4.06. The smallest absolute Gasteiger partial charge is 0.135 e. The number of nitrogens with zero attached hydrogens (tertiary/aromatic N) is 1. The van der Waals surface area contributed by atoms with Crippen LogP contribution in [0.4, 0.5) is 5.69 Å². The molecule has 0 aliphatic carbocycles. The van der Waals surface area contributed by atoms with E-state index in [0.29, 0.717) is 5.02 Å². The molecule has 2 aromatic rings. The summed E-state index contributed by atoms with van der Waals surface area (Å²) in [5.74, 6) is 0.840. The zero-order valence-corrected chi connectivity index (χ0v) is 14.9. The number of aromatic nitrogens is 1. The van der Waals surface area contributed by atoms with Crippen LogP contribution in [0.5, 0.6) is 5.75 Å². The van der Waals surface area contributed by atoms with Crippen LogP contribution in [0.1, 0.15) is 25.1 Å². The second kappa shape index (κ2) is 5.60. The molecule has 1 aromatic carbocycles. The lowest BCUT2D eigenvalue weighted by molar-refractivity contribution is 0.155. The molecule has 2 heterocycles. The van der Waals surface area contributed by atoms with Crippen molar-refractivity contribution in [1.29, 1.82) is 0 Å². The summed E-state index contributed by atoms with van der Waals surface area (Å²) in [6, 6.07) is 9.85. The van der Waals surface area contributed by atoms with Crippen LogP contribution in [-0.4, -0.2) is 17.6 Å². The van der Waals surface area contributed by atoms with Gasteiger partial charge in [-0.15, -0.1) is 0 Å². The van der Waals surface area contributed by atoms with Crippen LogP contribution in [-0.2, 0) is 0 Å². The van der Waals surface area contributed by atoms with Gasteiger partial charge in [0.15, 0.2) is 0 Å². The Morgan fingerprint density at radius 2 is 2.00 bits per heavy atom. The van der Waals surface area contributed by atoms with Gasteiger partial charge in [-0.1, -0.05) is 27.5 Å². The van der Waals surface area contributed by atoms with Crippen LogP contribution < -0.4 is 10.1 Å². The van der Waals surface area contributed by atoms with E-state index >= 15 is 0 Å². The Labute approximate surface area is 143 Å². The van der Waals surface area contributed by atoms with Crippen molar-refractivity contribution in [1.82, 2.24) is 4.98 Å². The van der Waals surface area contributed by atoms with Crippen molar-refractivity contribution in [2.45, 2.75) is 19.4 Å². The third kappa shape index (κ3) is 2.61. The largest absolute Gasteiger partial charge is 0.482 e. The molecule has 3 rings (SSSR count). The van der Waals surface area contributed by atoms with Gasteiger partial charge in [-0.2, -0.15) is 0 Å². The van der Waals surface area contributed by atoms with Crippen LogP contribution >= 0.6 is 27.5 Å². The number of halogens is 2. The molecule has 1 N–H and O–H groups in total. The van der Waals surface area contributed by atoms with Crippen LogP contribution in [0.3, 0.4) is 0 Å². The number of hydrogen-bond acceptors (Lipinski definition) is 3. The minimum atomic E-state index is -0.462. The van der Waals surface area contributed by atoms with Gasteiger partial charge in [-0.3, -0.25) is 4.98 Å². The molecule has 0 unspecified atom stereocenters. The van der Waals surface area contributed by atoms with Gasteiger partial charge in [0, 0.05) is 40.6 Å². The van der Waals surface area contributed by atoms with Gasteiger partial charge in [0.2, 0.25) is 0 Å². The average molecular weight is 380 g/mol. The van der Waals surface area contributed by atoms with Crippen LogP contribution in [0.25, 0.3) is 5.57 Å². The fourth-order valence-corrected chi connectivity index (χ4v) is 3.09. The lowest BCUT2D eigenvalue weighted by atomic mass is 9.92. The number of nitrogens with one attached hydrogen (secondary N) is 1. The monoisotopic (exact) mass is 378 g/mol. The first-order valence-corrected chi connectivity index (χ1v) is 8.13. The van der Waals surface area contributed by atoms with E-state index in [2.05, 4.69) is 26.2 Å². The van der Waals surface area contributed by atoms with Gasteiger partial charge < -0.3 is 10.1 Å². The molecule has 0 spiro atoms. The van der Waals surface area contributed by atoms with Crippen molar-refractivity contribution in [3.8, 4) is 5.75 Å². The molecule has 0 saturated heterocycles. The third-order valence-corrected chi connectivity index (χ3v) is 5.21. The Morgan fingerprint density at radius 3 is 2.64 bits per heavy atom. The maximum atomic E-state index is 6.15. The standard InChI is InChI=1S/C17H16BrClN2O/c1-17(2)16(18)15(13-7-4-10(19)9-21-13)12-6-5-11(20-3)8-14(12)22-17/h4-9,20H,1-3H3. The fourth-order valence-electron chi connectivity index (χ4n) is 2.48. The SMILES string of the molecule is CNc1ccc2c(c1)OC(C)(C)C(Br)=C2c1ccc(Cl)cn1. The zero-order valence-electron chi connectivity index (χ0n) is 12.6. The normalized spacial score (nSPS) is 16.0. The van der Waals surface area contributed by atoms with Crippen molar-refractivity contribution >= 4 is 38.8 Å². The summed E-state index contributed by atoms with van der Waals surface area (Å²) >= 11 is 9.66. The summed E-state index contributed by atoms with van der Waals surface area (Å²) < 4.78 is 7.12. The van der Waals surface area contributed by atoms with E-state index < -0.39 is 5.60 Å². The number of fused-ring (bicyclic) bond motifs is 1. The molecule has 0 radical (unpaired) electrons. The van der Waals surface area contributed by atoms with E-state index in [4.69, 9.17) is 16.3 Å². The molecule has 0 atom stereocenters. The number of hydrogen-bond donors (Lipinski definition) is 1. The maximum Gasteiger partial charge on any atom is 0.135 e. The highest BCUT2D eigenvalue weighted by Crippen LogP contribution is 2.46. The minimum absolute atomic E-state index is 0.462. The van der Waals surface area contributed by atoms with Crippen LogP contribution in [0.2, 0.25) is 5.02 Å². The number of anilines is 1. The first-order valence-electron chi connectivity index (χ1n) is 6.96. The van der Waals surface area contributed by atoms with Gasteiger partial charge >= 0.3 is 0 Å². The zero-order chi connectivity index (χ0) is 15.9. The lowest BCUT2D eigenvalue weighted by Gasteiger charge is -2.34. The Balaban J connectivity index is 2.23. The average Bonchev–Trinajstić information content (AvgIpc) is 2.49. The predicted octanol–water partition coefficient (Wildman–Crippen LogP) is 5.10. The molecular formula is C17H16BrClN2O. The van der Waals surface area contributed by atoms with E-state index in [-0.39, 0.29) is 0 Å². The van der Waals surface area contributed by atoms with Crippen LogP contribution in [0.15, 0.2) is 41.0 Å². The number of benzene rings is 1.